The average Bonchev–Trinajstić information content (AvgIpc) is 3.24. The van der Waals surface area contributed by atoms with Crippen molar-refractivity contribution in [3.8, 4) is 11.4 Å². The van der Waals surface area contributed by atoms with Gasteiger partial charge in [0.1, 0.15) is 0 Å². The van der Waals surface area contributed by atoms with E-state index in [0.29, 0.717) is 0 Å². The lowest BCUT2D eigenvalue weighted by molar-refractivity contribution is 0.0595. The lowest BCUT2D eigenvalue weighted by Gasteiger charge is -2.05. The molecule has 0 aliphatic rings. The number of hydrogen-bond donors (Lipinski definition) is 0. The Morgan fingerprint density at radius 2 is 2.00 bits per heavy atom. The molecular formula is C19H15BrN4O2. The van der Waals surface area contributed by atoms with Gasteiger partial charge in [0.25, 0.3) is 0 Å². The Balaban J connectivity index is 1.96. The minimum Gasteiger partial charge on any atom is -0.464 e. The maximum Gasteiger partial charge on any atom is 0.359 e. The predicted octanol–water partition coefficient (Wildman–Crippen LogP) is 4.07. The second-order valence-electron chi connectivity index (χ2n) is 5.86. The molecule has 0 atom stereocenters. The second kappa shape index (κ2) is 6.42. The van der Waals surface area contributed by atoms with E-state index in [4.69, 9.17) is 4.74 Å². The van der Waals surface area contributed by atoms with Gasteiger partial charge in [0.15, 0.2) is 5.69 Å². The molecule has 2 aromatic heterocycles. The van der Waals surface area contributed by atoms with Crippen molar-refractivity contribution in [2.75, 3.05) is 7.11 Å². The quantitative estimate of drug-likeness (QED) is 0.477. The van der Waals surface area contributed by atoms with E-state index in [-0.39, 0.29) is 5.69 Å². The molecule has 0 spiro atoms. The summed E-state index contributed by atoms with van der Waals surface area (Å²) in [6.07, 6.45) is 3.67. The van der Waals surface area contributed by atoms with Gasteiger partial charge >= 0.3 is 5.97 Å². The van der Waals surface area contributed by atoms with Gasteiger partial charge in [0.2, 0.25) is 0 Å². The van der Waals surface area contributed by atoms with Crippen LogP contribution in [0.5, 0.6) is 0 Å². The van der Waals surface area contributed by atoms with Crippen LogP contribution >= 0.6 is 15.9 Å². The van der Waals surface area contributed by atoms with Gasteiger partial charge in [-0.25, -0.2) is 14.5 Å². The van der Waals surface area contributed by atoms with Crippen LogP contribution in [0.1, 0.15) is 16.2 Å². The SMILES string of the molecule is COC(=O)c1nn(-c2cccc(Br)c2)c2ccc(-n3cnc(C)c3)cc12. The van der Waals surface area contributed by atoms with Crippen LogP contribution in [-0.2, 0) is 4.74 Å². The third-order valence-corrected chi connectivity index (χ3v) is 4.60. The van der Waals surface area contributed by atoms with Crippen molar-refractivity contribution in [1.82, 2.24) is 19.3 Å². The van der Waals surface area contributed by atoms with Gasteiger partial charge in [-0.3, -0.25) is 0 Å². The van der Waals surface area contributed by atoms with E-state index in [9.17, 15) is 4.79 Å². The standard InChI is InChI=1S/C19H15BrN4O2/c1-12-10-23(11-21-12)14-6-7-17-16(9-14)18(19(25)26-2)22-24(17)15-5-3-4-13(20)8-15/h3-11H,1-2H3. The van der Waals surface area contributed by atoms with Crippen molar-refractivity contribution >= 4 is 32.8 Å². The third-order valence-electron chi connectivity index (χ3n) is 4.10. The normalized spacial score (nSPS) is 11.0. The number of fused-ring (bicyclic) bond motifs is 1. The second-order valence-corrected chi connectivity index (χ2v) is 6.77. The summed E-state index contributed by atoms with van der Waals surface area (Å²) in [5.74, 6) is -0.470. The highest BCUT2D eigenvalue weighted by Gasteiger charge is 2.19. The van der Waals surface area contributed by atoms with Gasteiger partial charge in [0.05, 0.1) is 30.3 Å². The van der Waals surface area contributed by atoms with Crippen molar-refractivity contribution in [2.24, 2.45) is 0 Å². The number of aryl methyl sites for hydroxylation is 1. The number of halogens is 1. The fourth-order valence-electron chi connectivity index (χ4n) is 2.88. The largest absolute Gasteiger partial charge is 0.464 e. The molecule has 4 aromatic rings. The third kappa shape index (κ3) is 2.80. The van der Waals surface area contributed by atoms with Crippen molar-refractivity contribution in [3.63, 3.8) is 0 Å². The molecule has 130 valence electrons. The van der Waals surface area contributed by atoms with Crippen LogP contribution in [-0.4, -0.2) is 32.4 Å². The van der Waals surface area contributed by atoms with Gasteiger partial charge in [-0.15, -0.1) is 0 Å². The highest BCUT2D eigenvalue weighted by atomic mass is 79.9. The van der Waals surface area contributed by atoms with Crippen LogP contribution < -0.4 is 0 Å². The molecule has 0 fully saturated rings. The first-order valence-electron chi connectivity index (χ1n) is 7.95. The van der Waals surface area contributed by atoms with Crippen LogP contribution in [0.2, 0.25) is 0 Å². The Morgan fingerprint density at radius 3 is 2.69 bits per heavy atom. The van der Waals surface area contributed by atoms with E-state index in [0.717, 1.165) is 32.4 Å². The molecule has 2 aromatic carbocycles. The molecule has 0 N–H and O–H groups in total. The summed E-state index contributed by atoms with van der Waals surface area (Å²) < 4.78 is 9.51. The first kappa shape index (κ1) is 16.5. The Morgan fingerprint density at radius 1 is 1.15 bits per heavy atom. The van der Waals surface area contributed by atoms with E-state index < -0.39 is 5.97 Å². The Kier molecular flexibility index (Phi) is 4.08. The predicted molar refractivity (Wildman–Crippen MR) is 102 cm³/mol. The Hall–Kier alpha value is -2.93. The average molecular weight is 411 g/mol. The minimum atomic E-state index is -0.470. The number of benzene rings is 2. The molecule has 0 bridgehead atoms. The molecule has 0 aliphatic heterocycles. The molecule has 6 nitrogen and oxygen atoms in total. The highest BCUT2D eigenvalue weighted by Crippen LogP contribution is 2.26. The lowest BCUT2D eigenvalue weighted by atomic mass is 10.2. The van der Waals surface area contributed by atoms with E-state index in [1.807, 2.05) is 60.2 Å². The van der Waals surface area contributed by atoms with Gasteiger partial charge in [0, 0.05) is 21.7 Å². The number of rotatable bonds is 3. The summed E-state index contributed by atoms with van der Waals surface area (Å²) in [4.78, 5) is 16.5. The smallest absolute Gasteiger partial charge is 0.359 e. The monoisotopic (exact) mass is 410 g/mol. The number of esters is 1. The first-order chi connectivity index (χ1) is 12.6. The zero-order valence-electron chi connectivity index (χ0n) is 14.2. The summed E-state index contributed by atoms with van der Waals surface area (Å²) in [6, 6.07) is 13.6. The molecular weight excluding hydrogens is 396 g/mol. The number of hydrogen-bond acceptors (Lipinski definition) is 4. The molecule has 0 amide bonds. The number of imidazole rings is 1. The fourth-order valence-corrected chi connectivity index (χ4v) is 3.27. The molecule has 0 radical (unpaired) electrons. The lowest BCUT2D eigenvalue weighted by Crippen LogP contribution is -2.04. The van der Waals surface area contributed by atoms with Crippen molar-refractivity contribution < 1.29 is 9.53 Å². The van der Waals surface area contributed by atoms with Gasteiger partial charge in [-0.05, 0) is 43.3 Å². The Bertz CT molecular complexity index is 1130. The van der Waals surface area contributed by atoms with Crippen molar-refractivity contribution in [2.45, 2.75) is 6.92 Å². The molecule has 0 aliphatic carbocycles. The fraction of sp³-hybridized carbons (Fsp3) is 0.105. The van der Waals surface area contributed by atoms with E-state index >= 15 is 0 Å². The summed E-state index contributed by atoms with van der Waals surface area (Å²) in [5.41, 5.74) is 3.77. The van der Waals surface area contributed by atoms with Crippen LogP contribution in [0.25, 0.3) is 22.3 Å². The first-order valence-corrected chi connectivity index (χ1v) is 8.74. The van der Waals surface area contributed by atoms with E-state index in [1.165, 1.54) is 7.11 Å². The zero-order valence-corrected chi connectivity index (χ0v) is 15.8. The van der Waals surface area contributed by atoms with Crippen LogP contribution in [0.4, 0.5) is 0 Å². The molecule has 7 heteroatoms. The van der Waals surface area contributed by atoms with Crippen LogP contribution in [0, 0.1) is 6.92 Å². The number of nitrogens with zero attached hydrogens (tertiary/aromatic N) is 4. The van der Waals surface area contributed by atoms with Crippen molar-refractivity contribution in [1.29, 1.82) is 0 Å². The molecule has 26 heavy (non-hydrogen) atoms. The molecule has 0 unspecified atom stereocenters. The zero-order chi connectivity index (χ0) is 18.3. The van der Waals surface area contributed by atoms with E-state index in [2.05, 4.69) is 26.0 Å². The van der Waals surface area contributed by atoms with Gasteiger partial charge in [-0.2, -0.15) is 5.10 Å². The summed E-state index contributed by atoms with van der Waals surface area (Å²) in [5, 5.41) is 5.23. The Labute approximate surface area is 158 Å². The van der Waals surface area contributed by atoms with Crippen LogP contribution in [0.3, 0.4) is 0 Å². The van der Waals surface area contributed by atoms with Gasteiger partial charge in [-0.1, -0.05) is 22.0 Å². The maximum absolute atomic E-state index is 12.3. The number of aromatic nitrogens is 4. The molecule has 0 saturated carbocycles. The van der Waals surface area contributed by atoms with E-state index in [1.54, 1.807) is 11.0 Å². The number of carbonyl (C=O) groups is 1. The molecule has 4 rings (SSSR count). The number of methoxy groups -OCH3 is 1. The number of carbonyl (C=O) groups excluding carboxylic acids is 1. The van der Waals surface area contributed by atoms with Crippen molar-refractivity contribution in [3.05, 3.63) is 70.8 Å². The minimum absolute atomic E-state index is 0.279. The summed E-state index contributed by atoms with van der Waals surface area (Å²) in [7, 11) is 1.36. The van der Waals surface area contributed by atoms with Gasteiger partial charge < -0.3 is 9.30 Å². The topological polar surface area (TPSA) is 61.9 Å². The highest BCUT2D eigenvalue weighted by molar-refractivity contribution is 9.10. The molecule has 0 saturated heterocycles. The summed E-state index contributed by atoms with van der Waals surface area (Å²) in [6.45, 7) is 1.93. The summed E-state index contributed by atoms with van der Waals surface area (Å²) >= 11 is 3.47. The maximum atomic E-state index is 12.3. The van der Waals surface area contributed by atoms with Crippen LogP contribution in [0.15, 0.2) is 59.5 Å². The molecule has 2 heterocycles. The number of ether oxygens (including phenoxy) is 1.